The number of carbonyl (C=O) groups is 1. The third-order valence-corrected chi connectivity index (χ3v) is 8.75. The summed E-state index contributed by atoms with van der Waals surface area (Å²) in [5.74, 6) is 0.666. The summed E-state index contributed by atoms with van der Waals surface area (Å²) >= 11 is 0. The maximum atomic E-state index is 13.0. The molecule has 2 atom stereocenters. The van der Waals surface area contributed by atoms with Crippen molar-refractivity contribution in [1.82, 2.24) is 9.62 Å². The van der Waals surface area contributed by atoms with Gasteiger partial charge in [0.25, 0.3) is 0 Å². The van der Waals surface area contributed by atoms with Gasteiger partial charge in [-0.2, -0.15) is 4.31 Å². The standard InChI is InChI=1S/C23H36N2O3S/c1-4-5-7-19-8-6-9-22(19)24-23(26)20-12-14-25(15-13-20)29(27,28)21-11-10-17(2)18(3)16-21/h10-11,16,19-20,22H,4-9,12-15H2,1-3H3,(H,24,26). The molecule has 5 nitrogen and oxygen atoms in total. The monoisotopic (exact) mass is 420 g/mol. The summed E-state index contributed by atoms with van der Waals surface area (Å²) in [7, 11) is -3.49. The molecule has 6 heteroatoms. The number of hydrogen-bond acceptors (Lipinski definition) is 3. The molecule has 1 saturated carbocycles. The topological polar surface area (TPSA) is 66.5 Å². The average molecular weight is 421 g/mol. The van der Waals surface area contributed by atoms with Crippen LogP contribution in [0.1, 0.15) is 69.4 Å². The lowest BCUT2D eigenvalue weighted by molar-refractivity contribution is -0.127. The second kappa shape index (κ2) is 9.61. The Balaban J connectivity index is 1.55. The van der Waals surface area contributed by atoms with E-state index < -0.39 is 10.0 Å². The zero-order chi connectivity index (χ0) is 21.0. The molecule has 1 aromatic rings. The Morgan fingerprint density at radius 2 is 1.83 bits per heavy atom. The van der Waals surface area contributed by atoms with Crippen LogP contribution in [-0.2, 0) is 14.8 Å². The molecule has 2 aliphatic rings. The zero-order valence-electron chi connectivity index (χ0n) is 18.1. The van der Waals surface area contributed by atoms with Gasteiger partial charge in [-0.25, -0.2) is 8.42 Å². The molecule has 1 heterocycles. The van der Waals surface area contributed by atoms with Crippen LogP contribution >= 0.6 is 0 Å². The average Bonchev–Trinajstić information content (AvgIpc) is 3.15. The molecule has 2 fully saturated rings. The number of piperidine rings is 1. The molecule has 0 spiro atoms. The number of carbonyl (C=O) groups excluding carboxylic acids is 1. The molecular weight excluding hydrogens is 384 g/mol. The molecule has 1 N–H and O–H groups in total. The maximum Gasteiger partial charge on any atom is 0.243 e. The minimum Gasteiger partial charge on any atom is -0.353 e. The van der Waals surface area contributed by atoms with Gasteiger partial charge in [0.1, 0.15) is 0 Å². The number of benzene rings is 1. The molecule has 0 radical (unpaired) electrons. The number of unbranched alkanes of at least 4 members (excludes halogenated alkanes) is 1. The van der Waals surface area contributed by atoms with E-state index in [4.69, 9.17) is 0 Å². The molecule has 29 heavy (non-hydrogen) atoms. The van der Waals surface area contributed by atoms with Gasteiger partial charge in [-0.05, 0) is 75.1 Å². The summed E-state index contributed by atoms with van der Waals surface area (Å²) in [6.07, 6.45) is 8.33. The minimum absolute atomic E-state index is 0.0753. The Morgan fingerprint density at radius 1 is 1.10 bits per heavy atom. The summed E-state index contributed by atoms with van der Waals surface area (Å²) in [5.41, 5.74) is 2.07. The van der Waals surface area contributed by atoms with Crippen LogP contribution in [0.5, 0.6) is 0 Å². The van der Waals surface area contributed by atoms with Crippen LogP contribution < -0.4 is 5.32 Å². The Hall–Kier alpha value is -1.40. The van der Waals surface area contributed by atoms with Gasteiger partial charge in [-0.3, -0.25) is 4.79 Å². The smallest absolute Gasteiger partial charge is 0.243 e. The Kier molecular flexibility index (Phi) is 7.38. The largest absolute Gasteiger partial charge is 0.353 e. The second-order valence-corrected chi connectivity index (χ2v) is 10.8. The highest BCUT2D eigenvalue weighted by molar-refractivity contribution is 7.89. The fraction of sp³-hybridized carbons (Fsp3) is 0.696. The first-order valence-corrected chi connectivity index (χ1v) is 12.6. The van der Waals surface area contributed by atoms with Gasteiger partial charge in [0.15, 0.2) is 0 Å². The van der Waals surface area contributed by atoms with Gasteiger partial charge >= 0.3 is 0 Å². The first-order chi connectivity index (χ1) is 13.8. The minimum atomic E-state index is -3.49. The first-order valence-electron chi connectivity index (χ1n) is 11.2. The van der Waals surface area contributed by atoms with Crippen molar-refractivity contribution in [3.8, 4) is 0 Å². The van der Waals surface area contributed by atoms with Crippen LogP contribution in [0.2, 0.25) is 0 Å². The lowest BCUT2D eigenvalue weighted by Gasteiger charge is -2.32. The molecular formula is C23H36N2O3S. The van der Waals surface area contributed by atoms with E-state index in [0.29, 0.717) is 42.8 Å². The molecule has 1 amide bonds. The van der Waals surface area contributed by atoms with Gasteiger partial charge in [0, 0.05) is 25.0 Å². The van der Waals surface area contributed by atoms with Crippen LogP contribution in [0.15, 0.2) is 23.1 Å². The lowest BCUT2D eigenvalue weighted by atomic mass is 9.94. The maximum absolute atomic E-state index is 13.0. The van der Waals surface area contributed by atoms with Crippen LogP contribution in [0.3, 0.4) is 0 Å². The van der Waals surface area contributed by atoms with Crippen molar-refractivity contribution in [2.45, 2.75) is 83.1 Å². The van der Waals surface area contributed by atoms with Crippen molar-refractivity contribution in [2.75, 3.05) is 13.1 Å². The van der Waals surface area contributed by atoms with E-state index in [0.717, 1.165) is 17.5 Å². The highest BCUT2D eigenvalue weighted by Gasteiger charge is 2.34. The predicted octanol–water partition coefficient (Wildman–Crippen LogP) is 4.18. The van der Waals surface area contributed by atoms with Gasteiger partial charge in [0.05, 0.1) is 4.90 Å². The summed E-state index contributed by atoms with van der Waals surface area (Å²) in [6.45, 7) is 6.95. The normalized spacial score (nSPS) is 24.0. The number of rotatable bonds is 7. The molecule has 2 unspecified atom stereocenters. The third kappa shape index (κ3) is 5.21. The number of nitrogens with one attached hydrogen (secondary N) is 1. The van der Waals surface area contributed by atoms with Gasteiger partial charge in [-0.1, -0.05) is 32.3 Å². The molecule has 162 valence electrons. The Morgan fingerprint density at radius 3 is 2.48 bits per heavy atom. The molecule has 1 aliphatic carbocycles. The molecule has 3 rings (SSSR count). The highest BCUT2D eigenvalue weighted by atomic mass is 32.2. The van der Waals surface area contributed by atoms with Crippen molar-refractivity contribution >= 4 is 15.9 Å². The van der Waals surface area contributed by atoms with E-state index in [2.05, 4.69) is 12.2 Å². The van der Waals surface area contributed by atoms with Crippen molar-refractivity contribution in [2.24, 2.45) is 11.8 Å². The van der Waals surface area contributed by atoms with E-state index in [9.17, 15) is 13.2 Å². The highest BCUT2D eigenvalue weighted by Crippen LogP contribution is 2.31. The molecule has 1 saturated heterocycles. The number of nitrogens with zero attached hydrogens (tertiary/aromatic N) is 1. The fourth-order valence-electron chi connectivity index (χ4n) is 4.72. The summed E-state index contributed by atoms with van der Waals surface area (Å²) < 4.78 is 27.5. The van der Waals surface area contributed by atoms with E-state index in [1.165, 1.54) is 32.1 Å². The van der Waals surface area contributed by atoms with E-state index in [1.807, 2.05) is 19.9 Å². The fourth-order valence-corrected chi connectivity index (χ4v) is 6.28. The van der Waals surface area contributed by atoms with Gasteiger partial charge in [0.2, 0.25) is 15.9 Å². The summed E-state index contributed by atoms with van der Waals surface area (Å²) in [5, 5.41) is 3.30. The summed E-state index contributed by atoms with van der Waals surface area (Å²) in [4.78, 5) is 13.2. The molecule has 0 aromatic heterocycles. The number of hydrogen-bond donors (Lipinski definition) is 1. The van der Waals surface area contributed by atoms with Crippen LogP contribution in [0, 0.1) is 25.7 Å². The van der Waals surface area contributed by atoms with Crippen molar-refractivity contribution in [1.29, 1.82) is 0 Å². The second-order valence-electron chi connectivity index (χ2n) is 8.87. The Bertz CT molecular complexity index is 813. The van der Waals surface area contributed by atoms with Crippen molar-refractivity contribution < 1.29 is 13.2 Å². The number of amides is 1. The quantitative estimate of drug-likeness (QED) is 0.720. The molecule has 1 aliphatic heterocycles. The van der Waals surface area contributed by atoms with Crippen molar-refractivity contribution in [3.63, 3.8) is 0 Å². The van der Waals surface area contributed by atoms with E-state index >= 15 is 0 Å². The number of sulfonamides is 1. The Labute approximate surface area is 176 Å². The molecule has 1 aromatic carbocycles. The van der Waals surface area contributed by atoms with Crippen LogP contribution in [-0.4, -0.2) is 37.8 Å². The SMILES string of the molecule is CCCCC1CCCC1NC(=O)C1CCN(S(=O)(=O)c2ccc(C)c(C)c2)CC1. The lowest BCUT2D eigenvalue weighted by Crippen LogP contribution is -2.46. The first kappa shape index (κ1) is 22.3. The number of aryl methyl sites for hydroxylation is 2. The van der Waals surface area contributed by atoms with Crippen LogP contribution in [0.25, 0.3) is 0 Å². The van der Waals surface area contributed by atoms with Gasteiger partial charge < -0.3 is 5.32 Å². The predicted molar refractivity (Wildman–Crippen MR) is 116 cm³/mol. The summed E-state index contributed by atoms with van der Waals surface area (Å²) in [6, 6.07) is 5.61. The van der Waals surface area contributed by atoms with Crippen molar-refractivity contribution in [3.05, 3.63) is 29.3 Å². The van der Waals surface area contributed by atoms with E-state index in [-0.39, 0.29) is 11.8 Å². The third-order valence-electron chi connectivity index (χ3n) is 6.86. The molecule has 0 bridgehead atoms. The zero-order valence-corrected chi connectivity index (χ0v) is 18.9. The van der Waals surface area contributed by atoms with E-state index in [1.54, 1.807) is 16.4 Å². The van der Waals surface area contributed by atoms with Crippen LogP contribution in [0.4, 0.5) is 0 Å². The van der Waals surface area contributed by atoms with Gasteiger partial charge in [-0.15, -0.1) is 0 Å².